The van der Waals surface area contributed by atoms with Gasteiger partial charge in [-0.05, 0) is 50.4 Å². The summed E-state index contributed by atoms with van der Waals surface area (Å²) in [5, 5.41) is 3.28. The molecule has 0 saturated carbocycles. The number of nitrogens with one attached hydrogen (secondary N) is 1. The van der Waals surface area contributed by atoms with Crippen molar-refractivity contribution in [3.63, 3.8) is 0 Å². The molecule has 0 bridgehead atoms. The van der Waals surface area contributed by atoms with Gasteiger partial charge in [0, 0.05) is 18.8 Å². The van der Waals surface area contributed by atoms with E-state index in [2.05, 4.69) is 41.4 Å². The Morgan fingerprint density at radius 2 is 2.06 bits per heavy atom. The van der Waals surface area contributed by atoms with E-state index >= 15 is 0 Å². The first-order chi connectivity index (χ1) is 8.81. The molecule has 1 aromatic rings. The molecule has 2 heteroatoms. The molecular formula is C16H26N2. The second-order valence-electron chi connectivity index (χ2n) is 5.55. The van der Waals surface area contributed by atoms with Crippen molar-refractivity contribution in [3.8, 4) is 0 Å². The van der Waals surface area contributed by atoms with Gasteiger partial charge in [-0.2, -0.15) is 0 Å². The lowest BCUT2D eigenvalue weighted by molar-refractivity contribution is 0.515. The lowest BCUT2D eigenvalue weighted by Crippen LogP contribution is -2.34. The van der Waals surface area contributed by atoms with Crippen LogP contribution in [-0.4, -0.2) is 26.7 Å². The molecule has 2 rings (SSSR count). The maximum Gasteiger partial charge on any atom is 0.0398 e. The van der Waals surface area contributed by atoms with Crippen LogP contribution in [-0.2, 0) is 6.42 Å². The van der Waals surface area contributed by atoms with Crippen molar-refractivity contribution < 1.29 is 0 Å². The number of aryl methyl sites for hydroxylation is 1. The average molecular weight is 246 g/mol. The van der Waals surface area contributed by atoms with E-state index in [-0.39, 0.29) is 0 Å². The summed E-state index contributed by atoms with van der Waals surface area (Å²) in [6, 6.07) is 8.95. The molecular weight excluding hydrogens is 220 g/mol. The van der Waals surface area contributed by atoms with Crippen LogP contribution in [0.15, 0.2) is 24.3 Å². The van der Waals surface area contributed by atoms with Crippen molar-refractivity contribution in [1.29, 1.82) is 0 Å². The summed E-state index contributed by atoms with van der Waals surface area (Å²) in [5.41, 5.74) is 3.01. The Hall–Kier alpha value is -1.02. The molecule has 18 heavy (non-hydrogen) atoms. The van der Waals surface area contributed by atoms with Crippen molar-refractivity contribution in [3.05, 3.63) is 29.8 Å². The fourth-order valence-corrected chi connectivity index (χ4v) is 2.92. The van der Waals surface area contributed by atoms with E-state index in [0.29, 0.717) is 5.92 Å². The lowest BCUT2D eigenvalue weighted by Gasteiger charge is -2.31. The third-order valence-corrected chi connectivity index (χ3v) is 3.79. The summed E-state index contributed by atoms with van der Waals surface area (Å²) >= 11 is 0. The number of rotatable bonds is 4. The third kappa shape index (κ3) is 3.49. The van der Waals surface area contributed by atoms with Crippen LogP contribution < -0.4 is 10.2 Å². The van der Waals surface area contributed by atoms with Gasteiger partial charge in [-0.3, -0.25) is 0 Å². The zero-order valence-electron chi connectivity index (χ0n) is 11.8. The number of hydrogen-bond acceptors (Lipinski definition) is 2. The maximum absolute atomic E-state index is 3.28. The molecule has 1 aliphatic rings. The Morgan fingerprint density at radius 3 is 2.89 bits per heavy atom. The number of nitrogens with zero attached hydrogens (tertiary/aromatic N) is 1. The Morgan fingerprint density at radius 1 is 1.22 bits per heavy atom. The summed E-state index contributed by atoms with van der Waals surface area (Å²) in [7, 11) is 2.04. The van der Waals surface area contributed by atoms with Crippen LogP contribution in [0.3, 0.4) is 0 Å². The van der Waals surface area contributed by atoms with E-state index in [9.17, 15) is 0 Å². The monoisotopic (exact) mass is 246 g/mol. The van der Waals surface area contributed by atoms with Gasteiger partial charge < -0.3 is 10.2 Å². The van der Waals surface area contributed by atoms with Gasteiger partial charge in [-0.15, -0.1) is 0 Å². The maximum atomic E-state index is 3.28. The molecule has 2 nitrogen and oxygen atoms in total. The molecule has 1 aliphatic heterocycles. The molecule has 1 heterocycles. The SMILES string of the molecule is CNC[C@H](C)CN1CCCCCc2ccccc21. The first kappa shape index (κ1) is 13.4. The van der Waals surface area contributed by atoms with Crippen LogP contribution in [0.2, 0.25) is 0 Å². The Kier molecular flexibility index (Phi) is 5.06. The molecule has 0 radical (unpaired) electrons. The fraction of sp³-hybridized carbons (Fsp3) is 0.625. The average Bonchev–Trinajstić information content (AvgIpc) is 2.35. The Balaban J connectivity index is 2.13. The van der Waals surface area contributed by atoms with Gasteiger partial charge in [0.05, 0.1) is 0 Å². The van der Waals surface area contributed by atoms with Crippen LogP contribution in [0.5, 0.6) is 0 Å². The van der Waals surface area contributed by atoms with E-state index in [1.54, 1.807) is 0 Å². The quantitative estimate of drug-likeness (QED) is 0.878. The molecule has 1 aromatic carbocycles. The van der Waals surface area contributed by atoms with E-state index < -0.39 is 0 Å². The zero-order valence-corrected chi connectivity index (χ0v) is 11.8. The molecule has 0 unspecified atom stereocenters. The Labute approximate surface area is 111 Å². The molecule has 0 aliphatic carbocycles. The van der Waals surface area contributed by atoms with Gasteiger partial charge in [-0.1, -0.05) is 31.5 Å². The molecule has 0 spiro atoms. The zero-order chi connectivity index (χ0) is 12.8. The predicted molar refractivity (Wildman–Crippen MR) is 79.3 cm³/mol. The summed E-state index contributed by atoms with van der Waals surface area (Å²) in [4.78, 5) is 2.59. The molecule has 0 fully saturated rings. The van der Waals surface area contributed by atoms with Gasteiger partial charge in [0.1, 0.15) is 0 Å². The number of anilines is 1. The van der Waals surface area contributed by atoms with Crippen molar-refractivity contribution in [2.75, 3.05) is 31.6 Å². The van der Waals surface area contributed by atoms with Gasteiger partial charge in [-0.25, -0.2) is 0 Å². The number of fused-ring (bicyclic) bond motifs is 1. The first-order valence-corrected chi connectivity index (χ1v) is 7.28. The second-order valence-corrected chi connectivity index (χ2v) is 5.55. The lowest BCUT2D eigenvalue weighted by atomic mass is 10.0. The normalized spacial score (nSPS) is 17.8. The highest BCUT2D eigenvalue weighted by Crippen LogP contribution is 2.26. The summed E-state index contributed by atoms with van der Waals surface area (Å²) < 4.78 is 0. The smallest absolute Gasteiger partial charge is 0.0398 e. The van der Waals surface area contributed by atoms with Crippen LogP contribution in [0.25, 0.3) is 0 Å². The van der Waals surface area contributed by atoms with Crippen LogP contribution >= 0.6 is 0 Å². The van der Waals surface area contributed by atoms with E-state index in [1.165, 1.54) is 43.5 Å². The first-order valence-electron chi connectivity index (χ1n) is 7.28. The highest BCUT2D eigenvalue weighted by atomic mass is 15.1. The van der Waals surface area contributed by atoms with Gasteiger partial charge in [0.15, 0.2) is 0 Å². The molecule has 0 saturated heterocycles. The largest absolute Gasteiger partial charge is 0.371 e. The minimum absolute atomic E-state index is 0.697. The van der Waals surface area contributed by atoms with Crippen molar-refractivity contribution in [2.24, 2.45) is 5.92 Å². The van der Waals surface area contributed by atoms with Gasteiger partial charge in [0.2, 0.25) is 0 Å². The van der Waals surface area contributed by atoms with E-state index in [1.807, 2.05) is 7.05 Å². The highest BCUT2D eigenvalue weighted by Gasteiger charge is 2.15. The molecule has 0 amide bonds. The van der Waals surface area contributed by atoms with Crippen molar-refractivity contribution >= 4 is 5.69 Å². The fourth-order valence-electron chi connectivity index (χ4n) is 2.92. The van der Waals surface area contributed by atoms with Crippen LogP contribution in [0.1, 0.15) is 31.7 Å². The predicted octanol–water partition coefficient (Wildman–Crippen LogP) is 3.07. The van der Waals surface area contributed by atoms with Crippen molar-refractivity contribution in [1.82, 2.24) is 5.32 Å². The van der Waals surface area contributed by atoms with E-state index in [0.717, 1.165) is 13.1 Å². The standard InChI is InChI=1S/C16H26N2/c1-14(12-17-2)13-18-11-7-3-4-8-15-9-5-6-10-16(15)18/h5-6,9-10,14,17H,3-4,7-8,11-13H2,1-2H3/t14-/m0/s1. The number of hydrogen-bond donors (Lipinski definition) is 1. The van der Waals surface area contributed by atoms with Crippen molar-refractivity contribution in [2.45, 2.75) is 32.6 Å². The molecule has 1 atom stereocenters. The number of benzene rings is 1. The minimum atomic E-state index is 0.697. The minimum Gasteiger partial charge on any atom is -0.371 e. The van der Waals surface area contributed by atoms with E-state index in [4.69, 9.17) is 0 Å². The van der Waals surface area contributed by atoms with Crippen LogP contribution in [0.4, 0.5) is 5.69 Å². The van der Waals surface area contributed by atoms with Gasteiger partial charge in [0.25, 0.3) is 0 Å². The molecule has 100 valence electrons. The summed E-state index contributed by atoms with van der Waals surface area (Å²) in [6.07, 6.45) is 5.29. The molecule has 0 aromatic heterocycles. The van der Waals surface area contributed by atoms with Crippen LogP contribution in [0, 0.1) is 5.92 Å². The van der Waals surface area contributed by atoms with Gasteiger partial charge >= 0.3 is 0 Å². The summed E-state index contributed by atoms with van der Waals surface area (Å²) in [5.74, 6) is 0.697. The third-order valence-electron chi connectivity index (χ3n) is 3.79. The molecule has 1 N–H and O–H groups in total. The topological polar surface area (TPSA) is 15.3 Å². The Bertz CT molecular complexity index is 362. The number of para-hydroxylation sites is 1. The highest BCUT2D eigenvalue weighted by molar-refractivity contribution is 5.54. The summed E-state index contributed by atoms with van der Waals surface area (Å²) in [6.45, 7) is 5.81. The second kappa shape index (κ2) is 6.79.